The van der Waals surface area contributed by atoms with Crippen LogP contribution in [0.15, 0.2) is 54.1 Å². The first-order valence-corrected chi connectivity index (χ1v) is 11.1. The Morgan fingerprint density at radius 1 is 1.06 bits per heavy atom. The summed E-state index contributed by atoms with van der Waals surface area (Å²) in [5.74, 6) is 0.692. The second-order valence-electron chi connectivity index (χ2n) is 9.13. The highest BCUT2D eigenvalue weighted by atomic mass is 35.5. The van der Waals surface area contributed by atoms with Crippen LogP contribution in [0.3, 0.4) is 0 Å². The van der Waals surface area contributed by atoms with E-state index in [1.54, 1.807) is 13.2 Å². The molecule has 31 heavy (non-hydrogen) atoms. The first-order valence-electron chi connectivity index (χ1n) is 10.4. The fourth-order valence-corrected chi connectivity index (χ4v) is 5.67. The molecule has 0 radical (unpaired) electrons. The summed E-state index contributed by atoms with van der Waals surface area (Å²) in [5, 5.41) is 6.87. The third kappa shape index (κ3) is 3.31. The number of hydrogen-bond donors (Lipinski definition) is 1. The van der Waals surface area contributed by atoms with Crippen LogP contribution in [0.25, 0.3) is 16.3 Å². The summed E-state index contributed by atoms with van der Waals surface area (Å²) in [6.45, 7) is 4.32. The van der Waals surface area contributed by atoms with Gasteiger partial charge in [-0.05, 0) is 46.4 Å². The highest BCUT2D eigenvalue weighted by Crippen LogP contribution is 2.53. The smallest absolute Gasteiger partial charge is 0.162 e. The van der Waals surface area contributed by atoms with Crippen molar-refractivity contribution in [3.05, 3.63) is 75.3 Å². The SMILES string of the molecule is COc1c(Cl)cc(Cl)cc1[C@@H]1Nc2ccc3ccccc3c2C2=C1C(=O)CC(C)(C)C2. The van der Waals surface area contributed by atoms with Crippen LogP contribution in [0.1, 0.15) is 43.9 Å². The standard InChI is InChI=1S/C26H23Cl2NO2/c1-26(2)12-18-22-16-7-5-4-6-14(16)8-9-20(22)29-24(23(18)21(30)13-26)17-10-15(27)11-19(28)25(17)31-3/h4-11,24,29H,12-13H2,1-3H3/t24-/m0/s1. The molecule has 3 aromatic rings. The molecule has 3 nitrogen and oxygen atoms in total. The molecule has 5 heteroatoms. The Morgan fingerprint density at radius 2 is 1.84 bits per heavy atom. The molecule has 0 aromatic heterocycles. The molecule has 1 aliphatic carbocycles. The molecule has 158 valence electrons. The second kappa shape index (κ2) is 7.29. The molecular weight excluding hydrogens is 429 g/mol. The maximum absolute atomic E-state index is 13.5. The molecule has 0 saturated carbocycles. The number of halogens is 2. The maximum Gasteiger partial charge on any atom is 0.162 e. The average molecular weight is 452 g/mol. The Labute approximate surface area is 192 Å². The van der Waals surface area contributed by atoms with Crippen LogP contribution in [0.5, 0.6) is 5.75 Å². The van der Waals surface area contributed by atoms with Crippen molar-refractivity contribution in [2.75, 3.05) is 12.4 Å². The lowest BCUT2D eigenvalue weighted by atomic mass is 9.68. The Kier molecular flexibility index (Phi) is 4.80. The number of carbonyl (C=O) groups excluding carboxylic acids is 1. The topological polar surface area (TPSA) is 38.3 Å². The Hall–Kier alpha value is -2.49. The van der Waals surface area contributed by atoms with Gasteiger partial charge in [-0.3, -0.25) is 4.79 Å². The van der Waals surface area contributed by atoms with E-state index in [0.717, 1.165) is 45.2 Å². The van der Waals surface area contributed by atoms with Crippen molar-refractivity contribution in [3.63, 3.8) is 0 Å². The Morgan fingerprint density at radius 3 is 2.61 bits per heavy atom. The maximum atomic E-state index is 13.5. The molecule has 3 aromatic carbocycles. The van der Waals surface area contributed by atoms with Gasteiger partial charge in [0.2, 0.25) is 0 Å². The number of Topliss-reactive ketones (excluding diaryl/α,β-unsaturated/α-hetero) is 1. The van der Waals surface area contributed by atoms with Gasteiger partial charge in [-0.25, -0.2) is 0 Å². The van der Waals surface area contributed by atoms with Crippen molar-refractivity contribution in [3.8, 4) is 5.75 Å². The number of carbonyl (C=O) groups is 1. The van der Waals surface area contributed by atoms with Crippen LogP contribution >= 0.6 is 23.2 Å². The van der Waals surface area contributed by atoms with Gasteiger partial charge in [0.15, 0.2) is 5.78 Å². The number of ketones is 1. The van der Waals surface area contributed by atoms with Gasteiger partial charge in [0, 0.05) is 33.8 Å². The second-order valence-corrected chi connectivity index (χ2v) is 9.97. The van der Waals surface area contributed by atoms with Gasteiger partial charge < -0.3 is 10.1 Å². The molecular formula is C26H23Cl2NO2. The zero-order valence-corrected chi connectivity index (χ0v) is 19.2. The van der Waals surface area contributed by atoms with Crippen LogP contribution in [-0.2, 0) is 4.79 Å². The van der Waals surface area contributed by atoms with E-state index in [1.165, 1.54) is 0 Å². The summed E-state index contributed by atoms with van der Waals surface area (Å²) >= 11 is 12.8. The van der Waals surface area contributed by atoms with Crippen molar-refractivity contribution >= 4 is 51.0 Å². The minimum Gasteiger partial charge on any atom is -0.495 e. The number of anilines is 1. The monoisotopic (exact) mass is 451 g/mol. The lowest BCUT2D eigenvalue weighted by Crippen LogP contribution is -2.33. The van der Waals surface area contributed by atoms with Crippen molar-refractivity contribution < 1.29 is 9.53 Å². The Balaban J connectivity index is 1.83. The van der Waals surface area contributed by atoms with E-state index in [4.69, 9.17) is 27.9 Å². The molecule has 0 saturated heterocycles. The average Bonchev–Trinajstić information content (AvgIpc) is 2.71. The number of allylic oxidation sites excluding steroid dienone is 1. The molecule has 1 heterocycles. The van der Waals surface area contributed by atoms with Crippen molar-refractivity contribution in [1.29, 1.82) is 0 Å². The molecule has 1 N–H and O–H groups in total. The van der Waals surface area contributed by atoms with Gasteiger partial charge >= 0.3 is 0 Å². The number of benzene rings is 3. The van der Waals surface area contributed by atoms with Gasteiger partial charge in [-0.1, -0.05) is 67.4 Å². The molecule has 0 bridgehead atoms. The number of methoxy groups -OCH3 is 1. The first kappa shape index (κ1) is 20.4. The number of ether oxygens (including phenoxy) is 1. The van der Waals surface area contributed by atoms with E-state index >= 15 is 0 Å². The van der Waals surface area contributed by atoms with E-state index in [0.29, 0.717) is 22.2 Å². The minimum atomic E-state index is -0.376. The van der Waals surface area contributed by atoms with Crippen LogP contribution in [0.2, 0.25) is 10.0 Å². The van der Waals surface area contributed by atoms with E-state index in [9.17, 15) is 4.79 Å². The van der Waals surface area contributed by atoms with Crippen LogP contribution in [-0.4, -0.2) is 12.9 Å². The van der Waals surface area contributed by atoms with Gasteiger partial charge in [0.05, 0.1) is 18.2 Å². The lowest BCUT2D eigenvalue weighted by Gasteiger charge is -2.40. The highest BCUT2D eigenvalue weighted by Gasteiger charge is 2.41. The highest BCUT2D eigenvalue weighted by molar-refractivity contribution is 6.35. The molecule has 1 atom stereocenters. The lowest BCUT2D eigenvalue weighted by molar-refractivity contribution is -0.118. The van der Waals surface area contributed by atoms with Crippen molar-refractivity contribution in [2.24, 2.45) is 5.41 Å². The number of rotatable bonds is 2. The predicted molar refractivity (Wildman–Crippen MR) is 128 cm³/mol. The van der Waals surface area contributed by atoms with E-state index < -0.39 is 0 Å². The van der Waals surface area contributed by atoms with Crippen LogP contribution in [0.4, 0.5) is 5.69 Å². The molecule has 1 aliphatic heterocycles. The van der Waals surface area contributed by atoms with Gasteiger partial charge in [0.1, 0.15) is 5.75 Å². The largest absolute Gasteiger partial charge is 0.495 e. The third-order valence-corrected chi connectivity index (χ3v) is 6.79. The normalized spacial score (nSPS) is 19.6. The van der Waals surface area contributed by atoms with Gasteiger partial charge in [-0.2, -0.15) is 0 Å². The van der Waals surface area contributed by atoms with Crippen LogP contribution in [0, 0.1) is 5.41 Å². The van der Waals surface area contributed by atoms with E-state index in [-0.39, 0.29) is 17.2 Å². The molecule has 5 rings (SSSR count). The fourth-order valence-electron chi connectivity index (χ4n) is 5.08. The van der Waals surface area contributed by atoms with Crippen molar-refractivity contribution in [2.45, 2.75) is 32.7 Å². The zero-order valence-electron chi connectivity index (χ0n) is 17.7. The van der Waals surface area contributed by atoms with Gasteiger partial charge in [0.25, 0.3) is 0 Å². The van der Waals surface area contributed by atoms with E-state index in [2.05, 4.69) is 43.4 Å². The summed E-state index contributed by atoms with van der Waals surface area (Å²) in [7, 11) is 1.59. The predicted octanol–water partition coefficient (Wildman–Crippen LogP) is 7.46. The molecule has 0 unspecified atom stereocenters. The summed E-state index contributed by atoms with van der Waals surface area (Å²) < 4.78 is 5.63. The minimum absolute atomic E-state index is 0.109. The quantitative estimate of drug-likeness (QED) is 0.439. The molecule has 0 spiro atoms. The Bertz CT molecular complexity index is 1280. The third-order valence-electron chi connectivity index (χ3n) is 6.29. The molecule has 0 fully saturated rings. The summed E-state index contributed by atoms with van der Waals surface area (Å²) in [6, 6.07) is 15.7. The number of hydrogen-bond acceptors (Lipinski definition) is 3. The molecule has 0 amide bonds. The number of fused-ring (bicyclic) bond motifs is 4. The van der Waals surface area contributed by atoms with Crippen LogP contribution < -0.4 is 10.1 Å². The summed E-state index contributed by atoms with van der Waals surface area (Å²) in [5.41, 5.74) is 4.69. The number of nitrogens with one attached hydrogen (secondary N) is 1. The van der Waals surface area contributed by atoms with Gasteiger partial charge in [-0.15, -0.1) is 0 Å². The fraction of sp³-hybridized carbons (Fsp3) is 0.269. The zero-order chi connectivity index (χ0) is 21.9. The first-order chi connectivity index (χ1) is 14.8. The molecule has 2 aliphatic rings. The summed E-state index contributed by atoms with van der Waals surface area (Å²) in [4.78, 5) is 13.5. The van der Waals surface area contributed by atoms with E-state index in [1.807, 2.05) is 18.2 Å². The van der Waals surface area contributed by atoms with Crippen molar-refractivity contribution in [1.82, 2.24) is 0 Å². The summed E-state index contributed by atoms with van der Waals surface area (Å²) in [6.07, 6.45) is 1.32.